The summed E-state index contributed by atoms with van der Waals surface area (Å²) in [7, 11) is 0. The minimum atomic E-state index is -0.358. The van der Waals surface area contributed by atoms with E-state index in [4.69, 9.17) is 16.3 Å². The minimum absolute atomic E-state index is 0.0464. The van der Waals surface area contributed by atoms with E-state index in [-0.39, 0.29) is 24.2 Å². The number of Topliss-reactive ketones (excluding diaryl/α,β-unsaturated/α-hetero) is 1. The van der Waals surface area contributed by atoms with E-state index in [1.165, 1.54) is 6.07 Å². The van der Waals surface area contributed by atoms with Gasteiger partial charge in [0.1, 0.15) is 5.82 Å². The van der Waals surface area contributed by atoms with Crippen molar-refractivity contribution in [3.05, 3.63) is 70.0 Å². The Balaban J connectivity index is 1.66. The highest BCUT2D eigenvalue weighted by molar-refractivity contribution is 6.31. The maximum absolute atomic E-state index is 13.7. The third kappa shape index (κ3) is 5.14. The van der Waals surface area contributed by atoms with Crippen molar-refractivity contribution in [2.45, 2.75) is 13.0 Å². The highest BCUT2D eigenvalue weighted by Gasteiger charge is 2.24. The molecule has 2 aromatic carbocycles. The lowest BCUT2D eigenvalue weighted by atomic mass is 10.0. The van der Waals surface area contributed by atoms with Crippen LogP contribution in [0.1, 0.15) is 27.5 Å². The van der Waals surface area contributed by atoms with Crippen molar-refractivity contribution in [3.8, 4) is 0 Å². The second-order valence-corrected chi connectivity index (χ2v) is 7.11. The number of hydrogen-bond donors (Lipinski definition) is 1. The molecule has 1 saturated heterocycles. The highest BCUT2D eigenvalue weighted by Crippen LogP contribution is 2.27. The third-order valence-electron chi connectivity index (χ3n) is 4.87. The summed E-state index contributed by atoms with van der Waals surface area (Å²) in [5, 5.41) is 3.94. The fourth-order valence-corrected chi connectivity index (χ4v) is 3.52. The molecule has 27 heavy (non-hydrogen) atoms. The van der Waals surface area contributed by atoms with Crippen molar-refractivity contribution in [1.29, 1.82) is 0 Å². The molecule has 0 radical (unpaired) electrons. The summed E-state index contributed by atoms with van der Waals surface area (Å²) in [4.78, 5) is 14.7. The monoisotopic (exact) mass is 390 g/mol. The summed E-state index contributed by atoms with van der Waals surface area (Å²) in [6.07, 6.45) is 0. The summed E-state index contributed by atoms with van der Waals surface area (Å²) < 4.78 is 19.1. The fourth-order valence-electron chi connectivity index (χ4n) is 3.26. The third-order valence-corrected chi connectivity index (χ3v) is 5.21. The molecule has 2 aromatic rings. The molecule has 1 N–H and O–H groups in total. The smallest absolute Gasteiger partial charge is 0.176 e. The first kappa shape index (κ1) is 20.0. The zero-order chi connectivity index (χ0) is 19.2. The number of hydrogen-bond acceptors (Lipinski definition) is 4. The number of aryl methyl sites for hydroxylation is 1. The molecule has 0 aromatic heterocycles. The number of carbonyl (C=O) groups is 1. The number of nitrogens with one attached hydrogen (secondary N) is 1. The molecule has 0 aliphatic carbocycles. The Bertz CT molecular complexity index is 794. The van der Waals surface area contributed by atoms with Crippen LogP contribution in [0.25, 0.3) is 0 Å². The molecular formula is C21H24ClFN2O2. The van der Waals surface area contributed by atoms with Crippen LogP contribution in [-0.4, -0.2) is 50.1 Å². The highest BCUT2D eigenvalue weighted by atomic mass is 35.5. The van der Waals surface area contributed by atoms with Gasteiger partial charge in [0.05, 0.1) is 19.8 Å². The maximum Gasteiger partial charge on any atom is 0.176 e. The minimum Gasteiger partial charge on any atom is -0.379 e. The van der Waals surface area contributed by atoms with Crippen molar-refractivity contribution in [2.75, 3.05) is 39.4 Å². The van der Waals surface area contributed by atoms with Gasteiger partial charge in [-0.25, -0.2) is 4.39 Å². The summed E-state index contributed by atoms with van der Waals surface area (Å²) in [6, 6.07) is 12.4. The van der Waals surface area contributed by atoms with Crippen LogP contribution in [-0.2, 0) is 4.74 Å². The molecule has 1 unspecified atom stereocenters. The van der Waals surface area contributed by atoms with Gasteiger partial charge in [0, 0.05) is 36.3 Å². The summed E-state index contributed by atoms with van der Waals surface area (Å²) in [6.45, 7) is 5.39. The second kappa shape index (κ2) is 9.42. The molecule has 1 aliphatic heterocycles. The SMILES string of the molecule is Cc1ccc(C(=O)CNCC(c2ccccc2Cl)N2CCOCC2)cc1F. The number of carbonyl (C=O) groups excluding carboxylic acids is 1. The van der Waals surface area contributed by atoms with E-state index in [9.17, 15) is 9.18 Å². The molecule has 1 atom stereocenters. The van der Waals surface area contributed by atoms with Gasteiger partial charge in [-0.15, -0.1) is 0 Å². The molecule has 3 rings (SSSR count). The number of rotatable bonds is 7. The van der Waals surface area contributed by atoms with Crippen molar-refractivity contribution in [2.24, 2.45) is 0 Å². The van der Waals surface area contributed by atoms with E-state index in [1.807, 2.05) is 24.3 Å². The van der Waals surface area contributed by atoms with Crippen LogP contribution in [0.2, 0.25) is 5.02 Å². The molecule has 1 heterocycles. The molecule has 0 bridgehead atoms. The molecule has 1 aliphatic rings. The van der Waals surface area contributed by atoms with E-state index in [0.717, 1.165) is 18.7 Å². The van der Waals surface area contributed by atoms with E-state index in [0.29, 0.717) is 35.9 Å². The van der Waals surface area contributed by atoms with Gasteiger partial charge >= 0.3 is 0 Å². The predicted molar refractivity (Wildman–Crippen MR) is 105 cm³/mol. The van der Waals surface area contributed by atoms with E-state index in [2.05, 4.69) is 10.2 Å². The summed E-state index contributed by atoms with van der Waals surface area (Å²) in [5.41, 5.74) is 1.94. The van der Waals surface area contributed by atoms with E-state index in [1.54, 1.807) is 19.1 Å². The van der Waals surface area contributed by atoms with Gasteiger partial charge in [-0.1, -0.05) is 41.9 Å². The first-order valence-corrected chi connectivity index (χ1v) is 9.50. The van der Waals surface area contributed by atoms with Crippen LogP contribution in [0.3, 0.4) is 0 Å². The van der Waals surface area contributed by atoms with Gasteiger partial charge in [0.15, 0.2) is 5.78 Å². The normalized spacial score (nSPS) is 16.3. The molecule has 0 spiro atoms. The Kier molecular flexibility index (Phi) is 6.96. The Labute approximate surface area is 164 Å². The molecule has 0 amide bonds. The van der Waals surface area contributed by atoms with Crippen molar-refractivity contribution < 1.29 is 13.9 Å². The predicted octanol–water partition coefficient (Wildman–Crippen LogP) is 3.63. The molecule has 4 nitrogen and oxygen atoms in total. The molecule has 144 valence electrons. The summed E-state index contributed by atoms with van der Waals surface area (Å²) in [5.74, 6) is -0.489. The average molecular weight is 391 g/mol. The van der Waals surface area contributed by atoms with Gasteiger partial charge in [0.2, 0.25) is 0 Å². The van der Waals surface area contributed by atoms with Gasteiger partial charge in [-0.05, 0) is 30.2 Å². The average Bonchev–Trinajstić information content (AvgIpc) is 2.69. The largest absolute Gasteiger partial charge is 0.379 e. The number of nitrogens with zero attached hydrogens (tertiary/aromatic N) is 1. The van der Waals surface area contributed by atoms with Crippen LogP contribution < -0.4 is 5.32 Å². The van der Waals surface area contributed by atoms with Crippen LogP contribution in [0.5, 0.6) is 0 Å². The van der Waals surface area contributed by atoms with E-state index >= 15 is 0 Å². The molecule has 1 fully saturated rings. The zero-order valence-electron chi connectivity index (χ0n) is 15.4. The lowest BCUT2D eigenvalue weighted by Crippen LogP contribution is -2.43. The van der Waals surface area contributed by atoms with Gasteiger partial charge in [0.25, 0.3) is 0 Å². The molecular weight excluding hydrogens is 367 g/mol. The summed E-state index contributed by atoms with van der Waals surface area (Å²) >= 11 is 6.41. The first-order valence-electron chi connectivity index (χ1n) is 9.12. The maximum atomic E-state index is 13.7. The quantitative estimate of drug-likeness (QED) is 0.733. The number of ketones is 1. The van der Waals surface area contributed by atoms with Crippen LogP contribution in [0, 0.1) is 12.7 Å². The number of ether oxygens (including phenoxy) is 1. The lowest BCUT2D eigenvalue weighted by molar-refractivity contribution is 0.0162. The van der Waals surface area contributed by atoms with Gasteiger partial charge < -0.3 is 10.1 Å². The van der Waals surface area contributed by atoms with Crippen LogP contribution in [0.15, 0.2) is 42.5 Å². The fraction of sp³-hybridized carbons (Fsp3) is 0.381. The number of benzene rings is 2. The standard InChI is InChI=1S/C21H24ClFN2O2/c1-15-6-7-16(12-19(15)23)21(26)14-24-13-20(25-8-10-27-11-9-25)17-4-2-3-5-18(17)22/h2-7,12,20,24H,8-11,13-14H2,1H3. The van der Waals surface area contributed by atoms with Crippen molar-refractivity contribution >= 4 is 17.4 Å². The lowest BCUT2D eigenvalue weighted by Gasteiger charge is -2.35. The van der Waals surface area contributed by atoms with Crippen molar-refractivity contribution in [1.82, 2.24) is 10.2 Å². The van der Waals surface area contributed by atoms with E-state index < -0.39 is 0 Å². The van der Waals surface area contributed by atoms with Crippen molar-refractivity contribution in [3.63, 3.8) is 0 Å². The van der Waals surface area contributed by atoms with Crippen LogP contribution >= 0.6 is 11.6 Å². The Morgan fingerprint density at radius 1 is 1.26 bits per heavy atom. The Morgan fingerprint density at radius 3 is 2.70 bits per heavy atom. The Morgan fingerprint density at radius 2 is 2.00 bits per heavy atom. The molecule has 0 saturated carbocycles. The number of halogens is 2. The Hall–Kier alpha value is -1.79. The van der Waals surface area contributed by atoms with Gasteiger partial charge in [-0.2, -0.15) is 0 Å². The first-order chi connectivity index (χ1) is 13.1. The molecule has 6 heteroatoms. The second-order valence-electron chi connectivity index (χ2n) is 6.70. The topological polar surface area (TPSA) is 41.6 Å². The van der Waals surface area contributed by atoms with Crippen LogP contribution in [0.4, 0.5) is 4.39 Å². The zero-order valence-corrected chi connectivity index (χ0v) is 16.1. The van der Waals surface area contributed by atoms with Gasteiger partial charge in [-0.3, -0.25) is 9.69 Å². The number of morpholine rings is 1.